The Labute approximate surface area is 116 Å². The highest BCUT2D eigenvalue weighted by atomic mass is 16.5. The number of hydrogen-bond acceptors (Lipinski definition) is 3. The number of methoxy groups -OCH3 is 2. The van der Waals surface area contributed by atoms with Crippen LogP contribution >= 0.6 is 0 Å². The minimum Gasteiger partial charge on any atom is -0.497 e. The maximum Gasteiger partial charge on any atom is 0.118 e. The molecular formula is C16H25NO2. The van der Waals surface area contributed by atoms with Crippen LogP contribution in [0.25, 0.3) is 0 Å². The van der Waals surface area contributed by atoms with Crippen molar-refractivity contribution < 1.29 is 9.47 Å². The second kappa shape index (κ2) is 6.92. The predicted octanol–water partition coefficient (Wildman–Crippen LogP) is 3.30. The molecule has 0 aliphatic heterocycles. The number of hydrogen-bond donors (Lipinski definition) is 1. The molecule has 0 aromatic heterocycles. The molecule has 1 aromatic carbocycles. The van der Waals surface area contributed by atoms with Crippen LogP contribution in [0.4, 0.5) is 0 Å². The molecule has 1 aromatic rings. The van der Waals surface area contributed by atoms with Gasteiger partial charge in [-0.1, -0.05) is 25.0 Å². The van der Waals surface area contributed by atoms with Gasteiger partial charge in [0.1, 0.15) is 5.75 Å². The molecule has 2 rings (SSSR count). The maximum atomic E-state index is 5.59. The summed E-state index contributed by atoms with van der Waals surface area (Å²) in [4.78, 5) is 0. The van der Waals surface area contributed by atoms with Crippen molar-refractivity contribution in [1.82, 2.24) is 5.32 Å². The lowest BCUT2D eigenvalue weighted by molar-refractivity contribution is 0.0384. The first-order chi connectivity index (χ1) is 9.24. The van der Waals surface area contributed by atoms with E-state index in [9.17, 15) is 0 Å². The molecule has 3 nitrogen and oxygen atoms in total. The molecular weight excluding hydrogens is 238 g/mol. The summed E-state index contributed by atoms with van der Waals surface area (Å²) in [6, 6.07) is 9.09. The average Bonchev–Trinajstić information content (AvgIpc) is 2.48. The largest absolute Gasteiger partial charge is 0.497 e. The fraction of sp³-hybridized carbons (Fsp3) is 0.625. The number of rotatable bonds is 5. The highest BCUT2D eigenvalue weighted by Gasteiger charge is 2.26. The molecule has 0 radical (unpaired) electrons. The van der Waals surface area contributed by atoms with Crippen molar-refractivity contribution >= 4 is 0 Å². The normalized spacial score (nSPS) is 25.0. The van der Waals surface area contributed by atoms with Gasteiger partial charge in [0.05, 0.1) is 13.2 Å². The van der Waals surface area contributed by atoms with E-state index in [4.69, 9.17) is 9.47 Å². The Morgan fingerprint density at radius 1 is 1.11 bits per heavy atom. The molecule has 1 aliphatic rings. The van der Waals surface area contributed by atoms with Crippen molar-refractivity contribution in [3.63, 3.8) is 0 Å². The van der Waals surface area contributed by atoms with Crippen LogP contribution < -0.4 is 10.1 Å². The lowest BCUT2D eigenvalue weighted by Gasteiger charge is -2.33. The Morgan fingerprint density at radius 3 is 2.42 bits per heavy atom. The zero-order valence-electron chi connectivity index (χ0n) is 12.2. The first-order valence-corrected chi connectivity index (χ1v) is 7.17. The van der Waals surface area contributed by atoms with E-state index in [-0.39, 0.29) is 0 Å². The van der Waals surface area contributed by atoms with Gasteiger partial charge in [-0.3, -0.25) is 0 Å². The highest BCUT2D eigenvalue weighted by molar-refractivity contribution is 5.28. The summed E-state index contributed by atoms with van der Waals surface area (Å²) in [7, 11) is 3.52. The lowest BCUT2D eigenvalue weighted by atomic mass is 9.91. The number of nitrogens with one attached hydrogen (secondary N) is 1. The summed E-state index contributed by atoms with van der Waals surface area (Å²) in [5.41, 5.74) is 1.29. The molecule has 1 fully saturated rings. The first kappa shape index (κ1) is 14.4. The van der Waals surface area contributed by atoms with Crippen molar-refractivity contribution in [2.24, 2.45) is 0 Å². The van der Waals surface area contributed by atoms with Gasteiger partial charge in [0.2, 0.25) is 0 Å². The number of benzene rings is 1. The predicted molar refractivity (Wildman–Crippen MR) is 77.6 cm³/mol. The van der Waals surface area contributed by atoms with E-state index < -0.39 is 0 Å². The van der Waals surface area contributed by atoms with E-state index in [0.29, 0.717) is 18.2 Å². The Morgan fingerprint density at radius 2 is 1.79 bits per heavy atom. The molecule has 19 heavy (non-hydrogen) atoms. The molecule has 106 valence electrons. The minimum atomic E-state index is 0.339. The molecule has 1 aliphatic carbocycles. The lowest BCUT2D eigenvalue weighted by Crippen LogP contribution is -2.44. The molecule has 0 saturated heterocycles. The van der Waals surface area contributed by atoms with Crippen LogP contribution in [0.3, 0.4) is 0 Å². The van der Waals surface area contributed by atoms with Gasteiger partial charge in [0.15, 0.2) is 0 Å². The van der Waals surface area contributed by atoms with Gasteiger partial charge in [-0.05, 0) is 37.5 Å². The van der Waals surface area contributed by atoms with Gasteiger partial charge >= 0.3 is 0 Å². The Kier molecular flexibility index (Phi) is 5.23. The van der Waals surface area contributed by atoms with Gasteiger partial charge in [-0.2, -0.15) is 0 Å². The van der Waals surface area contributed by atoms with Crippen LogP contribution in [0.15, 0.2) is 24.3 Å². The summed E-state index contributed by atoms with van der Waals surface area (Å²) >= 11 is 0. The summed E-state index contributed by atoms with van der Waals surface area (Å²) in [6.45, 7) is 2.21. The molecule has 0 amide bonds. The SMILES string of the molecule is COc1ccc([C@@H](C)NC2CCCCC2OC)cc1. The fourth-order valence-corrected chi connectivity index (χ4v) is 2.88. The summed E-state index contributed by atoms with van der Waals surface area (Å²) in [5.74, 6) is 0.906. The molecule has 3 atom stereocenters. The zero-order chi connectivity index (χ0) is 13.7. The molecule has 3 heteroatoms. The standard InChI is InChI=1S/C16H25NO2/c1-12(13-8-10-14(18-2)11-9-13)17-15-6-4-5-7-16(15)19-3/h8-12,15-17H,4-7H2,1-3H3/t12-,15?,16?/m1/s1. The third-order valence-corrected chi connectivity index (χ3v) is 4.09. The Hall–Kier alpha value is -1.06. The Balaban J connectivity index is 1.96. The molecule has 0 bridgehead atoms. The second-order valence-corrected chi connectivity index (χ2v) is 5.33. The zero-order valence-corrected chi connectivity index (χ0v) is 12.2. The molecule has 1 saturated carbocycles. The van der Waals surface area contributed by atoms with Gasteiger partial charge < -0.3 is 14.8 Å². The third kappa shape index (κ3) is 3.71. The summed E-state index contributed by atoms with van der Waals surface area (Å²) in [5, 5.41) is 3.71. The van der Waals surface area contributed by atoms with E-state index >= 15 is 0 Å². The van der Waals surface area contributed by atoms with Crippen molar-refractivity contribution in [1.29, 1.82) is 0 Å². The number of ether oxygens (including phenoxy) is 2. The van der Waals surface area contributed by atoms with Crippen molar-refractivity contribution in [3.8, 4) is 5.75 Å². The topological polar surface area (TPSA) is 30.5 Å². The van der Waals surface area contributed by atoms with Crippen LogP contribution in [0.2, 0.25) is 0 Å². The van der Waals surface area contributed by atoms with E-state index in [1.54, 1.807) is 7.11 Å². The maximum absolute atomic E-state index is 5.59. The third-order valence-electron chi connectivity index (χ3n) is 4.09. The smallest absolute Gasteiger partial charge is 0.118 e. The van der Waals surface area contributed by atoms with Crippen LogP contribution in [0.1, 0.15) is 44.2 Å². The van der Waals surface area contributed by atoms with E-state index in [1.165, 1.54) is 31.2 Å². The quantitative estimate of drug-likeness (QED) is 0.884. The van der Waals surface area contributed by atoms with Gasteiger partial charge in [-0.15, -0.1) is 0 Å². The van der Waals surface area contributed by atoms with Crippen LogP contribution in [-0.4, -0.2) is 26.4 Å². The monoisotopic (exact) mass is 263 g/mol. The first-order valence-electron chi connectivity index (χ1n) is 7.17. The summed E-state index contributed by atoms with van der Waals surface area (Å²) < 4.78 is 10.8. The van der Waals surface area contributed by atoms with Crippen molar-refractivity contribution in [2.75, 3.05) is 14.2 Å². The van der Waals surface area contributed by atoms with E-state index in [2.05, 4.69) is 24.4 Å². The van der Waals surface area contributed by atoms with Crippen molar-refractivity contribution in [2.45, 2.75) is 50.8 Å². The second-order valence-electron chi connectivity index (χ2n) is 5.33. The van der Waals surface area contributed by atoms with Gasteiger partial charge in [0, 0.05) is 19.2 Å². The molecule has 2 unspecified atom stereocenters. The van der Waals surface area contributed by atoms with Gasteiger partial charge in [-0.25, -0.2) is 0 Å². The van der Waals surface area contributed by atoms with Crippen molar-refractivity contribution in [3.05, 3.63) is 29.8 Å². The molecule has 0 heterocycles. The van der Waals surface area contributed by atoms with Crippen LogP contribution in [0.5, 0.6) is 5.75 Å². The van der Waals surface area contributed by atoms with E-state index in [1.807, 2.05) is 19.2 Å². The average molecular weight is 263 g/mol. The van der Waals surface area contributed by atoms with E-state index in [0.717, 1.165) is 5.75 Å². The Bertz CT molecular complexity index is 377. The molecule has 0 spiro atoms. The van der Waals surface area contributed by atoms with Gasteiger partial charge in [0.25, 0.3) is 0 Å². The highest BCUT2D eigenvalue weighted by Crippen LogP contribution is 2.24. The van der Waals surface area contributed by atoms with Crippen LogP contribution in [-0.2, 0) is 4.74 Å². The minimum absolute atomic E-state index is 0.339. The van der Waals surface area contributed by atoms with Crippen LogP contribution in [0, 0.1) is 0 Å². The fourth-order valence-electron chi connectivity index (χ4n) is 2.88. The summed E-state index contributed by atoms with van der Waals surface area (Å²) in [6.07, 6.45) is 5.32. The molecule has 1 N–H and O–H groups in total.